The highest BCUT2D eigenvalue weighted by atomic mass is 16.5. The first-order chi connectivity index (χ1) is 12.3. The Kier molecular flexibility index (Phi) is 4.52. The van der Waals surface area contributed by atoms with Crippen molar-refractivity contribution in [3.8, 4) is 0 Å². The monoisotopic (exact) mass is 341 g/mol. The fourth-order valence-corrected chi connectivity index (χ4v) is 3.54. The number of carbonyl (C=O) groups excluding carboxylic acids is 1. The normalized spacial score (nSPS) is 18.8. The number of aromatic nitrogens is 2. The molecule has 1 fully saturated rings. The maximum atomic E-state index is 12.8. The van der Waals surface area contributed by atoms with E-state index in [9.17, 15) is 4.79 Å². The van der Waals surface area contributed by atoms with Gasteiger partial charge in [0.2, 0.25) is 0 Å². The molecule has 0 spiro atoms. The van der Waals surface area contributed by atoms with Gasteiger partial charge < -0.3 is 4.74 Å². The number of amides is 1. The summed E-state index contributed by atoms with van der Waals surface area (Å²) in [5, 5.41) is 4.00. The van der Waals surface area contributed by atoms with Gasteiger partial charge >= 0.3 is 6.03 Å². The Bertz CT molecular complexity index is 737. The summed E-state index contributed by atoms with van der Waals surface area (Å²) >= 11 is 0. The highest BCUT2D eigenvalue weighted by molar-refractivity contribution is 5.80. The zero-order chi connectivity index (χ0) is 17.2. The third-order valence-electron chi connectivity index (χ3n) is 4.84. The summed E-state index contributed by atoms with van der Waals surface area (Å²) in [6.45, 7) is 5.53. The van der Waals surface area contributed by atoms with Gasteiger partial charge in [0, 0.05) is 39.8 Å². The fourth-order valence-electron chi connectivity index (χ4n) is 3.54. The highest BCUT2D eigenvalue weighted by Crippen LogP contribution is 2.22. The molecule has 1 amide bonds. The van der Waals surface area contributed by atoms with Crippen molar-refractivity contribution in [3.63, 3.8) is 0 Å². The van der Waals surface area contributed by atoms with Crippen molar-refractivity contribution < 1.29 is 9.53 Å². The molecule has 0 aliphatic carbocycles. The lowest BCUT2D eigenvalue weighted by Crippen LogP contribution is -2.53. The van der Waals surface area contributed by atoms with E-state index in [1.807, 2.05) is 11.1 Å². The number of benzene rings is 1. The van der Waals surface area contributed by atoms with Crippen molar-refractivity contribution >= 4 is 6.03 Å². The van der Waals surface area contributed by atoms with Crippen LogP contribution in [0, 0.1) is 0 Å². The molecular weight excluding hydrogens is 318 g/mol. The van der Waals surface area contributed by atoms with Crippen LogP contribution in [0.1, 0.15) is 17.1 Å². The molecule has 2 aliphatic rings. The summed E-state index contributed by atoms with van der Waals surface area (Å²) in [6.07, 6.45) is 1.78. The predicted molar refractivity (Wildman–Crippen MR) is 92.6 cm³/mol. The zero-order valence-corrected chi connectivity index (χ0v) is 14.5. The summed E-state index contributed by atoms with van der Waals surface area (Å²) in [6, 6.07) is 10.5. The van der Waals surface area contributed by atoms with Gasteiger partial charge in [-0.3, -0.25) is 9.91 Å². The molecular formula is C18H23N5O2. The highest BCUT2D eigenvalue weighted by Gasteiger charge is 2.35. The quantitative estimate of drug-likeness (QED) is 0.826. The maximum absolute atomic E-state index is 12.8. The number of rotatable bonds is 5. The van der Waals surface area contributed by atoms with Crippen LogP contribution in [0.3, 0.4) is 0 Å². The minimum atomic E-state index is -0.0175. The summed E-state index contributed by atoms with van der Waals surface area (Å²) in [7, 11) is 1.62. The van der Waals surface area contributed by atoms with Crippen LogP contribution < -0.4 is 0 Å². The van der Waals surface area contributed by atoms with E-state index < -0.39 is 0 Å². The van der Waals surface area contributed by atoms with Crippen molar-refractivity contribution in [3.05, 3.63) is 53.6 Å². The summed E-state index contributed by atoms with van der Waals surface area (Å²) < 4.78 is 6.82. The zero-order valence-electron chi connectivity index (χ0n) is 14.5. The van der Waals surface area contributed by atoms with Crippen molar-refractivity contribution in [1.29, 1.82) is 0 Å². The van der Waals surface area contributed by atoms with Crippen molar-refractivity contribution in [1.82, 2.24) is 24.5 Å². The second-order valence-corrected chi connectivity index (χ2v) is 6.49. The first-order valence-electron chi connectivity index (χ1n) is 8.63. The SMILES string of the molecule is COCc1ncc2n1C(=O)N(N1CCN(Cc3ccccc3)CC1)C2. The topological polar surface area (TPSA) is 53.8 Å². The van der Waals surface area contributed by atoms with Crippen LogP contribution in [0.2, 0.25) is 0 Å². The van der Waals surface area contributed by atoms with E-state index in [0.29, 0.717) is 19.0 Å². The molecule has 7 heteroatoms. The first kappa shape index (κ1) is 16.3. The number of methoxy groups -OCH3 is 1. The lowest BCUT2D eigenvalue weighted by molar-refractivity contribution is -0.0231. The van der Waals surface area contributed by atoms with Gasteiger partial charge in [-0.15, -0.1) is 0 Å². The van der Waals surface area contributed by atoms with Gasteiger partial charge in [0.05, 0.1) is 18.4 Å². The van der Waals surface area contributed by atoms with E-state index in [1.165, 1.54) is 5.56 Å². The van der Waals surface area contributed by atoms with Gasteiger partial charge in [-0.2, -0.15) is 0 Å². The molecule has 0 saturated carbocycles. The average Bonchev–Trinajstić information content (AvgIpc) is 3.18. The second-order valence-electron chi connectivity index (χ2n) is 6.49. The molecule has 2 aliphatic heterocycles. The lowest BCUT2D eigenvalue weighted by atomic mass is 10.2. The minimum absolute atomic E-state index is 0.0175. The number of hydrogen-bond acceptors (Lipinski definition) is 5. The number of piperazine rings is 1. The number of ether oxygens (including phenoxy) is 1. The van der Waals surface area contributed by atoms with Crippen LogP contribution in [0.15, 0.2) is 36.5 Å². The number of hydrazine groups is 1. The molecule has 25 heavy (non-hydrogen) atoms. The van der Waals surface area contributed by atoms with Crippen molar-refractivity contribution in [2.75, 3.05) is 33.3 Å². The molecule has 0 N–H and O–H groups in total. The van der Waals surface area contributed by atoms with Gasteiger partial charge in [-0.05, 0) is 5.56 Å². The van der Waals surface area contributed by atoms with Crippen LogP contribution >= 0.6 is 0 Å². The molecule has 0 bridgehead atoms. The number of nitrogens with zero attached hydrogens (tertiary/aromatic N) is 5. The number of carbonyl (C=O) groups is 1. The first-order valence-corrected chi connectivity index (χ1v) is 8.63. The van der Waals surface area contributed by atoms with Crippen LogP contribution in [0.5, 0.6) is 0 Å². The van der Waals surface area contributed by atoms with E-state index in [-0.39, 0.29) is 6.03 Å². The predicted octanol–water partition coefficient (Wildman–Crippen LogP) is 1.55. The Hall–Kier alpha value is -2.22. The Morgan fingerprint density at radius 1 is 1.12 bits per heavy atom. The Morgan fingerprint density at radius 3 is 2.60 bits per heavy atom. The molecule has 1 aromatic heterocycles. The molecule has 132 valence electrons. The van der Waals surface area contributed by atoms with E-state index in [4.69, 9.17) is 4.74 Å². The summed E-state index contributed by atoms with van der Waals surface area (Å²) in [5.74, 6) is 0.674. The molecule has 1 aromatic carbocycles. The third kappa shape index (κ3) is 3.18. The smallest absolute Gasteiger partial charge is 0.344 e. The van der Waals surface area contributed by atoms with Gasteiger partial charge in [-0.25, -0.2) is 19.4 Å². The fraction of sp³-hybridized carbons (Fsp3) is 0.444. The maximum Gasteiger partial charge on any atom is 0.344 e. The molecule has 0 radical (unpaired) electrons. The largest absolute Gasteiger partial charge is 0.377 e. The number of fused-ring (bicyclic) bond motifs is 1. The molecule has 4 rings (SSSR count). The third-order valence-corrected chi connectivity index (χ3v) is 4.84. The standard InChI is InChI=1S/C18H23N5O2/c1-25-14-17-19-11-16-13-22(18(24)23(16)17)21-9-7-20(8-10-21)12-15-5-3-2-4-6-15/h2-6,11H,7-10,12-14H2,1H3. The van der Waals surface area contributed by atoms with Crippen molar-refractivity contribution in [2.24, 2.45) is 0 Å². The van der Waals surface area contributed by atoms with Gasteiger partial charge in [0.25, 0.3) is 0 Å². The Morgan fingerprint density at radius 2 is 1.88 bits per heavy atom. The van der Waals surface area contributed by atoms with Crippen molar-refractivity contribution in [2.45, 2.75) is 19.7 Å². The lowest BCUT2D eigenvalue weighted by Gasteiger charge is -2.38. The molecule has 0 unspecified atom stereocenters. The molecule has 0 atom stereocenters. The molecule has 3 heterocycles. The Labute approximate surface area is 147 Å². The Balaban J connectivity index is 1.36. The summed E-state index contributed by atoms with van der Waals surface area (Å²) in [5.41, 5.74) is 2.27. The minimum Gasteiger partial charge on any atom is -0.377 e. The van der Waals surface area contributed by atoms with Crippen LogP contribution in [0.25, 0.3) is 0 Å². The van der Waals surface area contributed by atoms with Gasteiger partial charge in [0.15, 0.2) is 0 Å². The molecule has 7 nitrogen and oxygen atoms in total. The van der Waals surface area contributed by atoms with Gasteiger partial charge in [-0.1, -0.05) is 30.3 Å². The van der Waals surface area contributed by atoms with E-state index in [2.05, 4.69) is 39.2 Å². The van der Waals surface area contributed by atoms with Crippen LogP contribution in [-0.4, -0.2) is 63.8 Å². The van der Waals surface area contributed by atoms with Crippen LogP contribution in [-0.2, 0) is 24.4 Å². The molecule has 1 saturated heterocycles. The van der Waals surface area contributed by atoms with Gasteiger partial charge in [0.1, 0.15) is 12.4 Å². The summed E-state index contributed by atoms with van der Waals surface area (Å²) in [4.78, 5) is 19.5. The van der Waals surface area contributed by atoms with E-state index >= 15 is 0 Å². The second kappa shape index (κ2) is 6.95. The number of imidazole rings is 1. The average molecular weight is 341 g/mol. The number of hydrogen-bond donors (Lipinski definition) is 0. The van der Waals surface area contributed by atoms with Crippen LogP contribution in [0.4, 0.5) is 4.79 Å². The molecule has 2 aromatic rings. The van der Waals surface area contributed by atoms with E-state index in [0.717, 1.165) is 38.4 Å². The van der Waals surface area contributed by atoms with E-state index in [1.54, 1.807) is 17.9 Å².